The molecule has 1 fully saturated rings. The zero-order valence-corrected chi connectivity index (χ0v) is 14.9. The summed E-state index contributed by atoms with van der Waals surface area (Å²) in [5.41, 5.74) is 3.25. The van der Waals surface area contributed by atoms with Gasteiger partial charge in [0, 0.05) is 45.0 Å². The quantitative estimate of drug-likeness (QED) is 0.893. The highest BCUT2D eigenvalue weighted by Gasteiger charge is 2.31. The van der Waals surface area contributed by atoms with E-state index in [9.17, 15) is 8.42 Å². The average Bonchev–Trinajstić information content (AvgIpc) is 3.01. The number of nitrogens with one attached hydrogen (secondary N) is 1. The van der Waals surface area contributed by atoms with Gasteiger partial charge in [0.2, 0.25) is 0 Å². The largest absolute Gasteiger partial charge is 0.282 e. The van der Waals surface area contributed by atoms with Crippen molar-refractivity contribution < 1.29 is 8.42 Å². The van der Waals surface area contributed by atoms with Crippen LogP contribution in [0.5, 0.6) is 0 Å². The molecule has 1 aliphatic heterocycles. The molecular weight excluding hydrogens is 328 g/mol. The molecule has 1 atom stereocenters. The van der Waals surface area contributed by atoms with Crippen molar-refractivity contribution in [2.24, 2.45) is 0 Å². The van der Waals surface area contributed by atoms with Crippen LogP contribution in [0, 0.1) is 6.92 Å². The van der Waals surface area contributed by atoms with E-state index in [4.69, 9.17) is 0 Å². The molecule has 0 amide bonds. The van der Waals surface area contributed by atoms with Gasteiger partial charge < -0.3 is 0 Å². The normalized spacial score (nSPS) is 19.8. The Morgan fingerprint density at radius 1 is 1.25 bits per heavy atom. The minimum Gasteiger partial charge on any atom is -0.282 e. The first-order valence-electron chi connectivity index (χ1n) is 7.90. The molecule has 0 bridgehead atoms. The summed E-state index contributed by atoms with van der Waals surface area (Å²) in [5, 5.41) is 7.05. The Kier molecular flexibility index (Phi) is 4.66. The van der Waals surface area contributed by atoms with Gasteiger partial charge in [-0.2, -0.15) is 22.1 Å². The number of aryl methyl sites for hydroxylation is 1. The second-order valence-corrected chi connectivity index (χ2v) is 8.39. The summed E-state index contributed by atoms with van der Waals surface area (Å²) in [6.45, 7) is 2.92. The lowest BCUT2D eigenvalue weighted by molar-refractivity contribution is 0.296. The fourth-order valence-electron chi connectivity index (χ4n) is 2.85. The first-order valence-corrected chi connectivity index (χ1v) is 9.29. The molecule has 9 heteroatoms. The molecule has 3 rings (SSSR count). The van der Waals surface area contributed by atoms with E-state index in [-0.39, 0.29) is 5.92 Å². The second kappa shape index (κ2) is 6.58. The molecule has 2 aromatic rings. The number of piperidine rings is 1. The van der Waals surface area contributed by atoms with Crippen LogP contribution in [0.4, 0.5) is 0 Å². The van der Waals surface area contributed by atoms with Crippen LogP contribution in [0.2, 0.25) is 0 Å². The highest BCUT2D eigenvalue weighted by atomic mass is 32.2. The predicted molar refractivity (Wildman–Crippen MR) is 90.5 cm³/mol. The first kappa shape index (κ1) is 17.0. The zero-order valence-electron chi connectivity index (χ0n) is 14.1. The average molecular weight is 350 g/mol. The molecule has 0 aromatic carbocycles. The van der Waals surface area contributed by atoms with Crippen LogP contribution >= 0.6 is 0 Å². The van der Waals surface area contributed by atoms with Crippen molar-refractivity contribution in [3.8, 4) is 11.4 Å². The summed E-state index contributed by atoms with van der Waals surface area (Å²) in [6.07, 6.45) is 5.16. The molecular formula is C15H22N6O2S. The maximum atomic E-state index is 12.3. The van der Waals surface area contributed by atoms with E-state index in [1.807, 2.05) is 13.0 Å². The molecule has 0 saturated carbocycles. The third-order valence-corrected chi connectivity index (χ3v) is 6.14. The number of hydrogen-bond acceptors (Lipinski definition) is 5. The highest BCUT2D eigenvalue weighted by molar-refractivity contribution is 7.86. The third kappa shape index (κ3) is 3.33. The molecule has 0 spiro atoms. The maximum Gasteiger partial charge on any atom is 0.281 e. The lowest BCUT2D eigenvalue weighted by atomic mass is 9.96. The Bertz CT molecular complexity index is 800. The van der Waals surface area contributed by atoms with Gasteiger partial charge in [0.1, 0.15) is 11.4 Å². The molecule has 0 unspecified atom stereocenters. The van der Waals surface area contributed by atoms with Gasteiger partial charge >= 0.3 is 0 Å². The van der Waals surface area contributed by atoms with Crippen molar-refractivity contribution in [3.05, 3.63) is 29.8 Å². The van der Waals surface area contributed by atoms with Gasteiger partial charge in [0.25, 0.3) is 10.2 Å². The van der Waals surface area contributed by atoms with Crippen molar-refractivity contribution in [2.75, 3.05) is 27.2 Å². The van der Waals surface area contributed by atoms with Gasteiger partial charge in [0.05, 0.1) is 11.9 Å². The maximum absolute atomic E-state index is 12.3. The highest BCUT2D eigenvalue weighted by Crippen LogP contribution is 2.27. The van der Waals surface area contributed by atoms with E-state index >= 15 is 0 Å². The number of aromatic nitrogens is 4. The van der Waals surface area contributed by atoms with Crippen LogP contribution in [0.25, 0.3) is 11.4 Å². The van der Waals surface area contributed by atoms with Crippen molar-refractivity contribution in [1.29, 1.82) is 0 Å². The SMILES string of the molecule is Cc1cc(-c2cnc([C@H]3CCCN(S(=O)(=O)N(C)C)C3)cn2)n[nH]1. The van der Waals surface area contributed by atoms with Crippen LogP contribution in [0.3, 0.4) is 0 Å². The van der Waals surface area contributed by atoms with E-state index < -0.39 is 10.2 Å². The van der Waals surface area contributed by atoms with E-state index in [1.54, 1.807) is 26.5 Å². The van der Waals surface area contributed by atoms with Crippen LogP contribution < -0.4 is 0 Å². The molecule has 0 radical (unpaired) electrons. The molecule has 1 saturated heterocycles. The third-order valence-electron chi connectivity index (χ3n) is 4.23. The minimum absolute atomic E-state index is 0.0657. The number of nitrogens with zero attached hydrogens (tertiary/aromatic N) is 5. The fourth-order valence-corrected chi connectivity index (χ4v) is 4.04. The van der Waals surface area contributed by atoms with Crippen molar-refractivity contribution in [2.45, 2.75) is 25.7 Å². The van der Waals surface area contributed by atoms with E-state index in [2.05, 4.69) is 20.2 Å². The van der Waals surface area contributed by atoms with Crippen molar-refractivity contribution in [3.63, 3.8) is 0 Å². The summed E-state index contributed by atoms with van der Waals surface area (Å²) >= 11 is 0. The van der Waals surface area contributed by atoms with Crippen LogP contribution in [0.1, 0.15) is 30.1 Å². The molecule has 130 valence electrons. The topological polar surface area (TPSA) is 95.1 Å². The lowest BCUT2D eigenvalue weighted by Gasteiger charge is -2.33. The van der Waals surface area contributed by atoms with Gasteiger partial charge in [-0.15, -0.1) is 0 Å². The molecule has 1 N–H and O–H groups in total. The van der Waals surface area contributed by atoms with E-state index in [0.29, 0.717) is 18.8 Å². The van der Waals surface area contributed by atoms with Gasteiger partial charge in [0.15, 0.2) is 0 Å². The summed E-state index contributed by atoms with van der Waals surface area (Å²) in [7, 11) is -0.275. The van der Waals surface area contributed by atoms with Gasteiger partial charge in [-0.1, -0.05) is 0 Å². The molecule has 3 heterocycles. The fraction of sp³-hybridized carbons (Fsp3) is 0.533. The summed E-state index contributed by atoms with van der Waals surface area (Å²) < 4.78 is 27.4. The number of aromatic amines is 1. The Hall–Kier alpha value is -1.84. The van der Waals surface area contributed by atoms with Gasteiger partial charge in [-0.3, -0.25) is 15.1 Å². The minimum atomic E-state index is -3.38. The first-order chi connectivity index (χ1) is 11.4. The van der Waals surface area contributed by atoms with Crippen molar-refractivity contribution in [1.82, 2.24) is 28.8 Å². The molecule has 24 heavy (non-hydrogen) atoms. The van der Waals surface area contributed by atoms with Crippen LogP contribution in [-0.2, 0) is 10.2 Å². The van der Waals surface area contributed by atoms with Gasteiger partial charge in [-0.05, 0) is 25.8 Å². The van der Waals surface area contributed by atoms with Crippen LogP contribution in [-0.4, -0.2) is 64.4 Å². The lowest BCUT2D eigenvalue weighted by Crippen LogP contribution is -2.45. The molecule has 2 aromatic heterocycles. The summed E-state index contributed by atoms with van der Waals surface area (Å²) in [6, 6.07) is 1.91. The zero-order chi connectivity index (χ0) is 17.3. The molecule has 1 aliphatic rings. The van der Waals surface area contributed by atoms with Gasteiger partial charge in [-0.25, -0.2) is 0 Å². The number of H-pyrrole nitrogens is 1. The summed E-state index contributed by atoms with van der Waals surface area (Å²) in [5.74, 6) is 0.0657. The van der Waals surface area contributed by atoms with E-state index in [0.717, 1.165) is 29.9 Å². The van der Waals surface area contributed by atoms with Crippen LogP contribution in [0.15, 0.2) is 18.5 Å². The summed E-state index contributed by atoms with van der Waals surface area (Å²) in [4.78, 5) is 8.93. The Balaban J connectivity index is 1.77. The Morgan fingerprint density at radius 2 is 2.04 bits per heavy atom. The Morgan fingerprint density at radius 3 is 2.62 bits per heavy atom. The molecule has 8 nitrogen and oxygen atoms in total. The predicted octanol–water partition coefficient (Wildman–Crippen LogP) is 1.16. The smallest absolute Gasteiger partial charge is 0.281 e. The number of hydrogen-bond donors (Lipinski definition) is 1. The molecule has 0 aliphatic carbocycles. The monoisotopic (exact) mass is 350 g/mol. The van der Waals surface area contributed by atoms with Crippen molar-refractivity contribution >= 4 is 10.2 Å². The second-order valence-electron chi connectivity index (χ2n) is 6.25. The number of rotatable bonds is 4. The standard InChI is InChI=1S/C15H22N6O2S/c1-11-7-13(19-18-11)15-9-16-14(8-17-15)12-5-4-6-21(10-12)24(22,23)20(2)3/h7-9,12H,4-6,10H2,1-3H3,(H,18,19)/t12-/m0/s1. The van der Waals surface area contributed by atoms with E-state index in [1.165, 1.54) is 8.61 Å². The Labute approximate surface area is 142 Å².